The average Bonchev–Trinajstić information content (AvgIpc) is 2.52. The Balaban J connectivity index is 1.97. The van der Waals surface area contributed by atoms with Crippen molar-refractivity contribution in [3.63, 3.8) is 0 Å². The fourth-order valence-corrected chi connectivity index (χ4v) is 3.29. The second-order valence-corrected chi connectivity index (χ2v) is 7.09. The Labute approximate surface area is 147 Å². The van der Waals surface area contributed by atoms with E-state index in [1.165, 1.54) is 11.8 Å². The Hall–Kier alpha value is -1.05. The largest absolute Gasteiger partial charge is 0.354 e. The average molecular weight is 358 g/mol. The normalized spacial score (nSPS) is 16.0. The fraction of sp³-hybridized carbons (Fsp3) is 0.667. The monoisotopic (exact) mass is 357 g/mol. The molecule has 1 N–H and O–H groups in total. The molecule has 8 heteroatoms. The molecular weight excluding hydrogens is 334 g/mol. The summed E-state index contributed by atoms with van der Waals surface area (Å²) >= 11 is 7.43. The number of hydrogen-bond donors (Lipinski definition) is 1. The van der Waals surface area contributed by atoms with E-state index in [-0.39, 0.29) is 11.9 Å². The first-order chi connectivity index (χ1) is 11.0. The quantitative estimate of drug-likeness (QED) is 0.476. The summed E-state index contributed by atoms with van der Waals surface area (Å²) in [6.07, 6.45) is 0. The molecule has 1 fully saturated rings. The van der Waals surface area contributed by atoms with Gasteiger partial charge in [0.05, 0.1) is 5.75 Å². The van der Waals surface area contributed by atoms with Crippen molar-refractivity contribution in [1.82, 2.24) is 20.2 Å². The highest BCUT2D eigenvalue weighted by atomic mass is 35.5. The Morgan fingerprint density at radius 1 is 1.35 bits per heavy atom. The van der Waals surface area contributed by atoms with Crippen LogP contribution in [0.4, 0.5) is 5.82 Å². The molecule has 2 rings (SSSR count). The molecule has 128 valence electrons. The minimum absolute atomic E-state index is 0.0216. The topological polar surface area (TPSA) is 61.4 Å². The number of carbonyl (C=O) groups excluding carboxylic acids is 1. The minimum Gasteiger partial charge on any atom is -0.354 e. The summed E-state index contributed by atoms with van der Waals surface area (Å²) in [5.74, 6) is 1.11. The van der Waals surface area contributed by atoms with Crippen molar-refractivity contribution in [3.8, 4) is 0 Å². The van der Waals surface area contributed by atoms with E-state index in [0.29, 0.717) is 16.1 Å². The Morgan fingerprint density at radius 3 is 2.65 bits per heavy atom. The number of carbonyl (C=O) groups is 1. The van der Waals surface area contributed by atoms with Gasteiger partial charge in [-0.15, -0.1) is 0 Å². The molecule has 0 bridgehead atoms. The highest BCUT2D eigenvalue weighted by Gasteiger charge is 2.18. The van der Waals surface area contributed by atoms with Crippen molar-refractivity contribution in [2.75, 3.05) is 43.4 Å². The Kier molecular flexibility index (Phi) is 6.92. The van der Waals surface area contributed by atoms with Gasteiger partial charge in [-0.2, -0.15) is 0 Å². The van der Waals surface area contributed by atoms with Gasteiger partial charge in [0.15, 0.2) is 5.16 Å². The van der Waals surface area contributed by atoms with E-state index >= 15 is 0 Å². The first-order valence-electron chi connectivity index (χ1n) is 7.92. The summed E-state index contributed by atoms with van der Waals surface area (Å²) in [4.78, 5) is 25.1. The van der Waals surface area contributed by atoms with Gasteiger partial charge >= 0.3 is 0 Å². The number of hydrogen-bond acceptors (Lipinski definition) is 6. The number of halogens is 1. The lowest BCUT2D eigenvalue weighted by Crippen LogP contribution is -2.46. The van der Waals surface area contributed by atoms with Gasteiger partial charge in [0.25, 0.3) is 0 Å². The lowest BCUT2D eigenvalue weighted by molar-refractivity contribution is -0.119. The lowest BCUT2D eigenvalue weighted by Gasteiger charge is -2.34. The van der Waals surface area contributed by atoms with E-state index in [0.717, 1.165) is 38.5 Å². The summed E-state index contributed by atoms with van der Waals surface area (Å²) < 4.78 is 0. The highest BCUT2D eigenvalue weighted by Crippen LogP contribution is 2.22. The van der Waals surface area contributed by atoms with E-state index in [4.69, 9.17) is 11.6 Å². The first kappa shape index (κ1) is 18.3. The lowest BCUT2D eigenvalue weighted by atomic mass is 10.3. The van der Waals surface area contributed by atoms with Crippen molar-refractivity contribution in [1.29, 1.82) is 0 Å². The molecule has 0 unspecified atom stereocenters. The number of anilines is 1. The van der Waals surface area contributed by atoms with E-state index in [1.807, 2.05) is 13.8 Å². The van der Waals surface area contributed by atoms with Gasteiger partial charge in [0, 0.05) is 38.3 Å². The van der Waals surface area contributed by atoms with Crippen LogP contribution in [0, 0.1) is 0 Å². The predicted molar refractivity (Wildman–Crippen MR) is 95.4 cm³/mol. The second-order valence-electron chi connectivity index (χ2n) is 5.76. The zero-order chi connectivity index (χ0) is 16.8. The second kappa shape index (κ2) is 8.70. The maximum atomic E-state index is 11.7. The van der Waals surface area contributed by atoms with Crippen molar-refractivity contribution in [2.24, 2.45) is 0 Å². The van der Waals surface area contributed by atoms with Crippen LogP contribution >= 0.6 is 23.4 Å². The molecule has 0 aliphatic carbocycles. The van der Waals surface area contributed by atoms with Gasteiger partial charge in [-0.1, -0.05) is 30.3 Å². The maximum absolute atomic E-state index is 11.7. The number of nitrogens with one attached hydrogen (secondary N) is 1. The molecule has 6 nitrogen and oxygen atoms in total. The molecule has 0 spiro atoms. The zero-order valence-electron chi connectivity index (χ0n) is 13.9. The van der Waals surface area contributed by atoms with Crippen LogP contribution in [0.2, 0.25) is 5.15 Å². The van der Waals surface area contributed by atoms with Crippen LogP contribution in [0.1, 0.15) is 20.8 Å². The molecule has 23 heavy (non-hydrogen) atoms. The number of aromatic nitrogens is 2. The molecule has 2 heterocycles. The molecule has 1 amide bonds. The Bertz CT molecular complexity index is 535. The number of nitrogens with zero attached hydrogens (tertiary/aromatic N) is 4. The predicted octanol–water partition coefficient (Wildman–Crippen LogP) is 1.89. The Morgan fingerprint density at radius 2 is 2.04 bits per heavy atom. The van der Waals surface area contributed by atoms with Gasteiger partial charge < -0.3 is 15.1 Å². The SMILES string of the molecule is CCN1CCN(c2cc(Cl)nc(SCC(=O)NC(C)C)n2)CC1. The molecule has 0 radical (unpaired) electrons. The number of amides is 1. The van der Waals surface area contributed by atoms with Crippen molar-refractivity contribution >= 4 is 35.1 Å². The maximum Gasteiger partial charge on any atom is 0.230 e. The van der Waals surface area contributed by atoms with Crippen LogP contribution in [0.3, 0.4) is 0 Å². The summed E-state index contributed by atoms with van der Waals surface area (Å²) in [6, 6.07) is 1.93. The summed E-state index contributed by atoms with van der Waals surface area (Å²) in [5, 5.41) is 3.81. The molecule has 0 atom stereocenters. The first-order valence-corrected chi connectivity index (χ1v) is 9.28. The number of likely N-dealkylation sites (N-methyl/N-ethyl adjacent to an activating group) is 1. The van der Waals surface area contributed by atoms with E-state index in [9.17, 15) is 4.79 Å². The van der Waals surface area contributed by atoms with Crippen LogP contribution in [0.15, 0.2) is 11.2 Å². The molecule has 1 aliphatic rings. The van der Waals surface area contributed by atoms with Gasteiger partial charge in [-0.3, -0.25) is 4.79 Å². The molecule has 1 aliphatic heterocycles. The molecular formula is C15H24ClN5OS. The number of rotatable bonds is 6. The molecule has 1 saturated heterocycles. The van der Waals surface area contributed by atoms with Gasteiger partial charge in [-0.05, 0) is 20.4 Å². The van der Waals surface area contributed by atoms with Crippen molar-refractivity contribution in [3.05, 3.63) is 11.2 Å². The van der Waals surface area contributed by atoms with Crippen LogP contribution in [-0.4, -0.2) is 65.3 Å². The zero-order valence-corrected chi connectivity index (χ0v) is 15.5. The van der Waals surface area contributed by atoms with Gasteiger partial charge in [-0.25, -0.2) is 9.97 Å². The molecule has 0 aromatic carbocycles. The van der Waals surface area contributed by atoms with Crippen LogP contribution in [0.25, 0.3) is 0 Å². The minimum atomic E-state index is -0.0216. The van der Waals surface area contributed by atoms with Gasteiger partial charge in [0.2, 0.25) is 5.91 Å². The third-order valence-corrected chi connectivity index (χ3v) is 4.63. The van der Waals surface area contributed by atoms with E-state index in [2.05, 4.69) is 32.0 Å². The smallest absolute Gasteiger partial charge is 0.230 e. The van der Waals surface area contributed by atoms with Gasteiger partial charge in [0.1, 0.15) is 11.0 Å². The summed E-state index contributed by atoms with van der Waals surface area (Å²) in [7, 11) is 0. The fourth-order valence-electron chi connectivity index (χ4n) is 2.40. The molecule has 1 aromatic heterocycles. The van der Waals surface area contributed by atoms with Crippen molar-refractivity contribution in [2.45, 2.75) is 32.0 Å². The van der Waals surface area contributed by atoms with Crippen LogP contribution in [-0.2, 0) is 4.79 Å². The van der Waals surface area contributed by atoms with Crippen molar-refractivity contribution < 1.29 is 4.79 Å². The summed E-state index contributed by atoms with van der Waals surface area (Å²) in [5.41, 5.74) is 0. The van der Waals surface area contributed by atoms with Crippen LogP contribution in [0.5, 0.6) is 0 Å². The molecule has 1 aromatic rings. The van der Waals surface area contributed by atoms with E-state index in [1.54, 1.807) is 6.07 Å². The molecule has 0 saturated carbocycles. The number of piperazine rings is 1. The standard InChI is InChI=1S/C15H24ClN5OS/c1-4-20-5-7-21(8-6-20)13-9-12(16)18-15(19-13)23-10-14(22)17-11(2)3/h9,11H,4-8,10H2,1-3H3,(H,17,22). The summed E-state index contributed by atoms with van der Waals surface area (Å²) in [6.45, 7) is 11.0. The van der Waals surface area contributed by atoms with Crippen LogP contribution < -0.4 is 10.2 Å². The third-order valence-electron chi connectivity index (χ3n) is 3.59. The number of thioether (sulfide) groups is 1. The van der Waals surface area contributed by atoms with E-state index < -0.39 is 0 Å². The highest BCUT2D eigenvalue weighted by molar-refractivity contribution is 7.99. The third kappa shape index (κ3) is 5.82.